The average molecular weight is 310 g/mol. The number of nitrogen functional groups attached to an aromatic ring is 1. The molecule has 18 heavy (non-hydrogen) atoms. The third-order valence-electron chi connectivity index (χ3n) is 2.67. The Labute approximate surface area is 113 Å². The van der Waals surface area contributed by atoms with Crippen molar-refractivity contribution in [2.75, 3.05) is 5.73 Å². The number of pyridine rings is 1. The second-order valence-electron chi connectivity index (χ2n) is 4.03. The molecule has 3 nitrogen and oxygen atoms in total. The van der Waals surface area contributed by atoms with E-state index in [0.717, 1.165) is 5.56 Å². The topological polar surface area (TPSA) is 64.9 Å². The Bertz CT molecular complexity index is 539. The molecule has 0 amide bonds. The van der Waals surface area contributed by atoms with Crippen LogP contribution in [0.1, 0.15) is 17.2 Å². The van der Waals surface area contributed by atoms with Crippen molar-refractivity contribution in [1.29, 1.82) is 0 Å². The Morgan fingerprint density at radius 2 is 2.11 bits per heavy atom. The molecule has 1 atom stereocenters. The van der Waals surface area contributed by atoms with Crippen molar-refractivity contribution in [1.82, 2.24) is 4.98 Å². The highest BCUT2D eigenvalue weighted by molar-refractivity contribution is 9.10. The van der Waals surface area contributed by atoms with E-state index in [1.54, 1.807) is 24.4 Å². The summed E-state index contributed by atoms with van der Waals surface area (Å²) in [7, 11) is 0. The van der Waals surface area contributed by atoms with Crippen LogP contribution in [0.25, 0.3) is 0 Å². The lowest BCUT2D eigenvalue weighted by atomic mass is 10.00. The molecule has 0 aliphatic rings. The number of rotatable bonds is 3. The molecule has 2 aromatic rings. The number of halogens is 2. The molecule has 0 aliphatic heterocycles. The minimum absolute atomic E-state index is 0.307. The molecule has 94 valence electrons. The predicted molar refractivity (Wildman–Crippen MR) is 73.4 cm³/mol. The molecule has 1 aromatic carbocycles. The normalized spacial score (nSPS) is 12.4. The van der Waals surface area contributed by atoms with Crippen molar-refractivity contribution >= 4 is 21.7 Å². The van der Waals surface area contributed by atoms with Crippen molar-refractivity contribution in [3.8, 4) is 0 Å². The van der Waals surface area contributed by atoms with Crippen LogP contribution in [0.4, 0.5) is 10.2 Å². The highest BCUT2D eigenvalue weighted by Gasteiger charge is 2.15. The molecule has 1 heterocycles. The van der Waals surface area contributed by atoms with Gasteiger partial charge >= 0.3 is 0 Å². The summed E-state index contributed by atoms with van der Waals surface area (Å²) < 4.78 is 14.4. The molecule has 0 bridgehead atoms. The van der Waals surface area contributed by atoms with Gasteiger partial charge in [-0.2, -0.15) is 0 Å². The highest BCUT2D eigenvalue weighted by Crippen LogP contribution is 2.27. The van der Waals surface area contributed by atoms with Crippen LogP contribution < -0.4 is 11.5 Å². The van der Waals surface area contributed by atoms with Crippen molar-refractivity contribution in [2.24, 2.45) is 5.73 Å². The van der Waals surface area contributed by atoms with Crippen LogP contribution in [-0.4, -0.2) is 4.98 Å². The van der Waals surface area contributed by atoms with Crippen molar-refractivity contribution in [3.63, 3.8) is 0 Å². The molecule has 0 aliphatic carbocycles. The molecule has 0 radical (unpaired) electrons. The zero-order valence-electron chi connectivity index (χ0n) is 9.61. The zero-order chi connectivity index (χ0) is 13.1. The molecule has 5 heteroatoms. The van der Waals surface area contributed by atoms with Gasteiger partial charge in [0.2, 0.25) is 0 Å². The lowest BCUT2D eigenvalue weighted by Crippen LogP contribution is -2.16. The first kappa shape index (κ1) is 13.0. The number of nitrogens with zero attached hydrogens (tertiary/aromatic N) is 1. The molecule has 0 fully saturated rings. The monoisotopic (exact) mass is 309 g/mol. The lowest BCUT2D eigenvalue weighted by molar-refractivity contribution is 0.578. The van der Waals surface area contributed by atoms with Gasteiger partial charge in [-0.1, -0.05) is 22.0 Å². The SMILES string of the molecule is Nc1cc(CC(N)c2c(F)cccc2Br)ccn1. The summed E-state index contributed by atoms with van der Waals surface area (Å²) in [5, 5.41) is 0. The Morgan fingerprint density at radius 1 is 1.33 bits per heavy atom. The fraction of sp³-hybridized carbons (Fsp3) is 0.154. The first-order valence-corrected chi connectivity index (χ1v) is 6.27. The molecule has 0 saturated heterocycles. The summed E-state index contributed by atoms with van der Waals surface area (Å²) in [6.07, 6.45) is 2.13. The second kappa shape index (κ2) is 5.46. The zero-order valence-corrected chi connectivity index (χ0v) is 11.2. The number of aromatic nitrogens is 1. The van der Waals surface area contributed by atoms with E-state index in [0.29, 0.717) is 22.3 Å². The van der Waals surface area contributed by atoms with Crippen LogP contribution in [0.15, 0.2) is 41.0 Å². The minimum Gasteiger partial charge on any atom is -0.384 e. The van der Waals surface area contributed by atoms with Gasteiger partial charge in [0.25, 0.3) is 0 Å². The van der Waals surface area contributed by atoms with E-state index in [9.17, 15) is 4.39 Å². The van der Waals surface area contributed by atoms with Crippen LogP contribution in [0, 0.1) is 5.82 Å². The lowest BCUT2D eigenvalue weighted by Gasteiger charge is -2.15. The number of nitrogens with two attached hydrogens (primary N) is 2. The maximum absolute atomic E-state index is 13.7. The van der Waals surface area contributed by atoms with E-state index in [-0.39, 0.29) is 5.82 Å². The quantitative estimate of drug-likeness (QED) is 0.916. The standard InChI is InChI=1S/C13H13BrFN3/c14-9-2-1-3-10(15)13(9)11(16)6-8-4-5-18-12(17)7-8/h1-5,7,11H,6,16H2,(H2,17,18). The van der Waals surface area contributed by atoms with E-state index in [1.807, 2.05) is 6.07 Å². The Balaban J connectivity index is 2.25. The average Bonchev–Trinajstić information content (AvgIpc) is 2.28. The number of anilines is 1. The largest absolute Gasteiger partial charge is 0.384 e. The fourth-order valence-corrected chi connectivity index (χ4v) is 2.48. The van der Waals surface area contributed by atoms with Gasteiger partial charge in [0.15, 0.2) is 0 Å². The molecule has 4 N–H and O–H groups in total. The Hall–Kier alpha value is -1.46. The smallest absolute Gasteiger partial charge is 0.129 e. The van der Waals surface area contributed by atoms with Gasteiger partial charge < -0.3 is 11.5 Å². The molecular weight excluding hydrogens is 297 g/mol. The van der Waals surface area contributed by atoms with Crippen molar-refractivity contribution in [2.45, 2.75) is 12.5 Å². The van der Waals surface area contributed by atoms with Gasteiger partial charge in [-0.05, 0) is 36.2 Å². The number of hydrogen-bond acceptors (Lipinski definition) is 3. The van der Waals surface area contributed by atoms with Crippen LogP contribution in [-0.2, 0) is 6.42 Å². The molecule has 1 unspecified atom stereocenters. The molecule has 2 rings (SSSR count). The Kier molecular flexibility index (Phi) is 3.93. The summed E-state index contributed by atoms with van der Waals surface area (Å²) >= 11 is 3.32. The van der Waals surface area contributed by atoms with Gasteiger partial charge in [-0.15, -0.1) is 0 Å². The molecule has 0 saturated carbocycles. The third kappa shape index (κ3) is 2.86. The predicted octanol–water partition coefficient (Wildman–Crippen LogP) is 2.81. The van der Waals surface area contributed by atoms with E-state index in [2.05, 4.69) is 20.9 Å². The van der Waals surface area contributed by atoms with E-state index < -0.39 is 6.04 Å². The number of benzene rings is 1. The van der Waals surface area contributed by atoms with Crippen LogP contribution in [0.3, 0.4) is 0 Å². The van der Waals surface area contributed by atoms with Crippen LogP contribution >= 0.6 is 15.9 Å². The van der Waals surface area contributed by atoms with Crippen molar-refractivity contribution in [3.05, 3.63) is 57.9 Å². The summed E-state index contributed by atoms with van der Waals surface area (Å²) in [6, 6.07) is 7.96. The first-order chi connectivity index (χ1) is 8.58. The molecule has 1 aromatic heterocycles. The summed E-state index contributed by atoms with van der Waals surface area (Å²) in [5.41, 5.74) is 13.1. The molecule has 0 spiro atoms. The second-order valence-corrected chi connectivity index (χ2v) is 4.89. The number of hydrogen-bond donors (Lipinski definition) is 2. The summed E-state index contributed by atoms with van der Waals surface area (Å²) in [6.45, 7) is 0. The highest BCUT2D eigenvalue weighted by atomic mass is 79.9. The maximum Gasteiger partial charge on any atom is 0.129 e. The van der Waals surface area contributed by atoms with Gasteiger partial charge in [0, 0.05) is 22.3 Å². The maximum atomic E-state index is 13.7. The minimum atomic E-state index is -0.428. The van der Waals surface area contributed by atoms with Gasteiger partial charge in [-0.25, -0.2) is 9.37 Å². The summed E-state index contributed by atoms with van der Waals surface area (Å²) in [5.74, 6) is 0.131. The molecular formula is C13H13BrFN3. The van der Waals surface area contributed by atoms with Crippen molar-refractivity contribution < 1.29 is 4.39 Å². The van der Waals surface area contributed by atoms with E-state index >= 15 is 0 Å². The van der Waals surface area contributed by atoms with Gasteiger partial charge in [0.05, 0.1) is 0 Å². The fourth-order valence-electron chi connectivity index (χ4n) is 1.84. The van der Waals surface area contributed by atoms with Gasteiger partial charge in [-0.3, -0.25) is 0 Å². The van der Waals surface area contributed by atoms with E-state index in [1.165, 1.54) is 6.07 Å². The Morgan fingerprint density at radius 3 is 2.78 bits per heavy atom. The third-order valence-corrected chi connectivity index (χ3v) is 3.36. The summed E-state index contributed by atoms with van der Waals surface area (Å²) in [4.78, 5) is 3.91. The van der Waals surface area contributed by atoms with Crippen LogP contribution in [0.5, 0.6) is 0 Å². The van der Waals surface area contributed by atoms with Crippen LogP contribution in [0.2, 0.25) is 0 Å². The first-order valence-electron chi connectivity index (χ1n) is 5.48. The van der Waals surface area contributed by atoms with E-state index in [4.69, 9.17) is 11.5 Å². The van der Waals surface area contributed by atoms with Gasteiger partial charge in [0.1, 0.15) is 11.6 Å².